The van der Waals surface area contributed by atoms with Crippen molar-refractivity contribution in [2.45, 2.75) is 43.8 Å². The van der Waals surface area contributed by atoms with Crippen LogP contribution in [-0.4, -0.2) is 52.5 Å². The molecule has 1 aliphatic carbocycles. The molecule has 11 heteroatoms. The van der Waals surface area contributed by atoms with Crippen LogP contribution in [0.3, 0.4) is 0 Å². The van der Waals surface area contributed by atoms with E-state index in [-0.39, 0.29) is 17.6 Å². The monoisotopic (exact) mass is 330 g/mol. The van der Waals surface area contributed by atoms with E-state index in [4.69, 9.17) is 30.9 Å². The standard InChI is InChI=1S/C8H17BO7P2S/c1-3(2)17(10,19)15-7-4-5(14-8(7)9)6(4)16-18(11,12)13/h3-8H,9H2,1-2H3,(H,10,19)(H2,11,12,13)/t4?,5-,6?,7+,8+,17?/m0/s1. The minimum Gasteiger partial charge on any atom is -0.378 e. The lowest BCUT2D eigenvalue weighted by molar-refractivity contribution is 0.0211. The molecule has 0 aromatic rings. The summed E-state index contributed by atoms with van der Waals surface area (Å²) in [4.78, 5) is 27.7. The lowest BCUT2D eigenvalue weighted by atomic mass is 9.93. The van der Waals surface area contributed by atoms with Crippen LogP contribution in [0.2, 0.25) is 0 Å². The van der Waals surface area contributed by atoms with Gasteiger partial charge in [0.1, 0.15) is 14.0 Å². The molecule has 0 bridgehead atoms. The van der Waals surface area contributed by atoms with Crippen molar-refractivity contribution in [3.05, 3.63) is 0 Å². The second-order valence-corrected chi connectivity index (χ2v) is 10.3. The van der Waals surface area contributed by atoms with E-state index in [1.807, 2.05) is 0 Å². The SMILES string of the molecule is B[C@@H]1O[C@@H]2C(OP(=O)(O)O)C2[C@H]1OP(O)(=S)C(C)C. The summed E-state index contributed by atoms with van der Waals surface area (Å²) < 4.78 is 26.5. The average molecular weight is 330 g/mol. The molecule has 110 valence electrons. The highest BCUT2D eigenvalue weighted by atomic mass is 32.5. The Morgan fingerprint density at radius 2 is 1.84 bits per heavy atom. The molecule has 3 unspecified atom stereocenters. The Labute approximate surface area is 117 Å². The van der Waals surface area contributed by atoms with Crippen molar-refractivity contribution in [3.8, 4) is 0 Å². The molecule has 7 nitrogen and oxygen atoms in total. The van der Waals surface area contributed by atoms with Gasteiger partial charge in [-0.15, -0.1) is 0 Å². The molecule has 0 radical (unpaired) electrons. The van der Waals surface area contributed by atoms with Crippen LogP contribution in [0.5, 0.6) is 0 Å². The topological polar surface area (TPSA) is 105 Å². The maximum atomic E-state index is 10.8. The number of fused-ring (bicyclic) bond motifs is 1. The predicted octanol–water partition coefficient (Wildman–Crippen LogP) is -0.453. The zero-order valence-electron chi connectivity index (χ0n) is 10.7. The number of phosphoric ester groups is 1. The van der Waals surface area contributed by atoms with E-state index in [9.17, 15) is 9.46 Å². The first kappa shape index (κ1) is 16.1. The van der Waals surface area contributed by atoms with Crippen LogP contribution in [-0.2, 0) is 30.2 Å². The molecule has 0 spiro atoms. The van der Waals surface area contributed by atoms with Gasteiger partial charge in [0.25, 0.3) is 0 Å². The normalized spacial score (nSPS) is 41.1. The maximum absolute atomic E-state index is 10.8. The zero-order chi connectivity index (χ0) is 14.6. The number of ether oxygens (including phenoxy) is 1. The van der Waals surface area contributed by atoms with Crippen molar-refractivity contribution < 1.29 is 33.0 Å². The van der Waals surface area contributed by atoms with E-state index in [0.29, 0.717) is 0 Å². The summed E-state index contributed by atoms with van der Waals surface area (Å²) >= 11 is 5.07. The van der Waals surface area contributed by atoms with Gasteiger partial charge in [0.15, 0.2) is 6.49 Å². The van der Waals surface area contributed by atoms with Crippen molar-refractivity contribution >= 4 is 34.0 Å². The highest BCUT2D eigenvalue weighted by Gasteiger charge is 2.66. The molecule has 2 aliphatic rings. The summed E-state index contributed by atoms with van der Waals surface area (Å²) in [5.74, 6) is -0.282. The fourth-order valence-corrected chi connectivity index (χ4v) is 3.98. The van der Waals surface area contributed by atoms with Gasteiger partial charge in [-0.05, 0) is 11.8 Å². The molecule has 19 heavy (non-hydrogen) atoms. The van der Waals surface area contributed by atoms with Crippen molar-refractivity contribution in [1.82, 2.24) is 0 Å². The van der Waals surface area contributed by atoms with E-state index in [1.54, 1.807) is 21.7 Å². The Morgan fingerprint density at radius 1 is 1.26 bits per heavy atom. The van der Waals surface area contributed by atoms with Crippen molar-refractivity contribution in [3.63, 3.8) is 0 Å². The van der Waals surface area contributed by atoms with Crippen LogP contribution in [0.15, 0.2) is 0 Å². The Kier molecular flexibility index (Phi) is 4.37. The lowest BCUT2D eigenvalue weighted by Crippen LogP contribution is -2.32. The Morgan fingerprint density at radius 3 is 2.32 bits per heavy atom. The fraction of sp³-hybridized carbons (Fsp3) is 1.00. The van der Waals surface area contributed by atoms with Gasteiger partial charge in [-0.3, -0.25) is 4.52 Å². The van der Waals surface area contributed by atoms with Gasteiger partial charge < -0.3 is 23.9 Å². The molecule has 1 saturated carbocycles. The molecule has 3 N–H and O–H groups in total. The summed E-state index contributed by atoms with van der Waals surface area (Å²) in [5, 5.41) is 0. The molecule has 1 saturated heterocycles. The van der Waals surface area contributed by atoms with Crippen LogP contribution in [0.4, 0.5) is 0 Å². The van der Waals surface area contributed by atoms with Crippen LogP contribution < -0.4 is 0 Å². The zero-order valence-corrected chi connectivity index (χ0v) is 13.3. The molecule has 0 aromatic heterocycles. The maximum Gasteiger partial charge on any atom is 0.469 e. The third-order valence-electron chi connectivity index (χ3n) is 3.34. The molecule has 1 aliphatic heterocycles. The molecule has 0 aromatic carbocycles. The summed E-state index contributed by atoms with van der Waals surface area (Å²) in [5.41, 5.74) is -0.186. The number of hydrogen-bond donors (Lipinski definition) is 3. The molecule has 0 amide bonds. The highest BCUT2D eigenvalue weighted by molar-refractivity contribution is 8.09. The van der Waals surface area contributed by atoms with Crippen LogP contribution >= 0.6 is 14.3 Å². The van der Waals surface area contributed by atoms with Crippen LogP contribution in [0.1, 0.15) is 13.8 Å². The smallest absolute Gasteiger partial charge is 0.378 e. The van der Waals surface area contributed by atoms with Crippen LogP contribution in [0.25, 0.3) is 0 Å². The summed E-state index contributed by atoms with van der Waals surface area (Å²) in [6.45, 7) is 0.610. The summed E-state index contributed by atoms with van der Waals surface area (Å²) in [6, 6.07) is -0.278. The van der Waals surface area contributed by atoms with Gasteiger partial charge in [0.05, 0.1) is 18.2 Å². The van der Waals surface area contributed by atoms with Gasteiger partial charge in [0, 0.05) is 11.6 Å². The van der Waals surface area contributed by atoms with Gasteiger partial charge in [-0.25, -0.2) is 4.57 Å². The first-order valence-corrected chi connectivity index (χ1v) is 10.2. The van der Waals surface area contributed by atoms with Crippen LogP contribution in [0, 0.1) is 5.92 Å². The molecule has 1 heterocycles. The first-order valence-electron chi connectivity index (χ1n) is 5.93. The Hall–Kier alpha value is 0.705. The van der Waals surface area contributed by atoms with Crippen molar-refractivity contribution in [2.75, 3.05) is 0 Å². The van der Waals surface area contributed by atoms with Gasteiger partial charge in [-0.2, -0.15) is 0 Å². The number of phosphoric acid groups is 1. The quantitative estimate of drug-likeness (QED) is 0.460. The molecule has 2 fully saturated rings. The van der Waals surface area contributed by atoms with Gasteiger partial charge >= 0.3 is 7.82 Å². The lowest BCUT2D eigenvalue weighted by Gasteiger charge is -2.28. The van der Waals surface area contributed by atoms with Gasteiger partial charge in [0.2, 0.25) is 0 Å². The molecular formula is C8H17BO7P2S. The predicted molar refractivity (Wildman–Crippen MR) is 74.1 cm³/mol. The third-order valence-corrected chi connectivity index (χ3v) is 7.23. The first-order chi connectivity index (χ1) is 8.53. The molecule has 6 atom stereocenters. The highest BCUT2D eigenvalue weighted by Crippen LogP contribution is 2.59. The number of hydrogen-bond acceptors (Lipinski definition) is 5. The fourth-order valence-electron chi connectivity index (χ4n) is 2.20. The minimum atomic E-state index is -4.54. The Balaban J connectivity index is 2.02. The second kappa shape index (κ2) is 5.16. The minimum absolute atomic E-state index is 0.186. The van der Waals surface area contributed by atoms with E-state index in [1.165, 1.54) is 0 Å². The summed E-state index contributed by atoms with van der Waals surface area (Å²) in [7, 11) is -2.77. The molecular weight excluding hydrogens is 313 g/mol. The largest absolute Gasteiger partial charge is 0.469 e. The second-order valence-electron chi connectivity index (χ2n) is 5.17. The van der Waals surface area contributed by atoms with E-state index in [0.717, 1.165) is 0 Å². The van der Waals surface area contributed by atoms with E-state index in [2.05, 4.69) is 4.52 Å². The van der Waals surface area contributed by atoms with Crippen molar-refractivity contribution in [2.24, 2.45) is 5.92 Å². The van der Waals surface area contributed by atoms with Crippen molar-refractivity contribution in [1.29, 1.82) is 0 Å². The van der Waals surface area contributed by atoms with Gasteiger partial charge in [-0.1, -0.05) is 13.8 Å². The van der Waals surface area contributed by atoms with E-state index < -0.39 is 32.6 Å². The average Bonchev–Trinajstić information content (AvgIpc) is 2.72. The molecule has 2 rings (SSSR count). The number of rotatable bonds is 5. The summed E-state index contributed by atoms with van der Waals surface area (Å²) in [6.07, 6.45) is -1.57. The third kappa shape index (κ3) is 3.48. The van der Waals surface area contributed by atoms with E-state index >= 15 is 0 Å². The Bertz CT molecular complexity index is 454.